The van der Waals surface area contributed by atoms with Crippen LogP contribution in [0, 0.1) is 12.8 Å². The summed E-state index contributed by atoms with van der Waals surface area (Å²) in [6, 6.07) is 7.38. The molecule has 1 fully saturated rings. The zero-order valence-electron chi connectivity index (χ0n) is 12.8. The van der Waals surface area contributed by atoms with Crippen LogP contribution in [0.3, 0.4) is 0 Å². The number of nitrogens with one attached hydrogen (secondary N) is 1. The van der Waals surface area contributed by atoms with Crippen molar-refractivity contribution >= 4 is 23.5 Å². The zero-order valence-corrected chi connectivity index (χ0v) is 12.8. The predicted molar refractivity (Wildman–Crippen MR) is 81.1 cm³/mol. The monoisotopic (exact) mass is 304 g/mol. The number of likely N-dealkylation sites (N-methyl/N-ethyl adjacent to an activating group) is 1. The molecule has 6 heteroatoms. The fourth-order valence-electron chi connectivity index (χ4n) is 1.82. The number of rotatable bonds is 6. The van der Waals surface area contributed by atoms with Crippen molar-refractivity contribution in [1.29, 1.82) is 0 Å². The molecule has 1 aromatic carbocycles. The van der Waals surface area contributed by atoms with E-state index in [4.69, 9.17) is 4.74 Å². The lowest BCUT2D eigenvalue weighted by Gasteiger charge is -2.16. The van der Waals surface area contributed by atoms with E-state index in [9.17, 15) is 14.4 Å². The van der Waals surface area contributed by atoms with Gasteiger partial charge in [0.25, 0.3) is 5.91 Å². The third-order valence-electron chi connectivity index (χ3n) is 3.39. The quantitative estimate of drug-likeness (QED) is 0.805. The summed E-state index contributed by atoms with van der Waals surface area (Å²) in [5.74, 6) is -1.06. The Hall–Kier alpha value is -2.37. The van der Waals surface area contributed by atoms with Crippen molar-refractivity contribution in [2.75, 3.05) is 25.5 Å². The summed E-state index contributed by atoms with van der Waals surface area (Å²) in [6.45, 7) is 1.55. The summed E-state index contributed by atoms with van der Waals surface area (Å²) in [5.41, 5.74) is 1.78. The molecular weight excluding hydrogens is 284 g/mol. The van der Waals surface area contributed by atoms with E-state index < -0.39 is 5.91 Å². The van der Waals surface area contributed by atoms with E-state index in [0.29, 0.717) is 5.69 Å². The molecule has 0 unspecified atom stereocenters. The molecule has 0 atom stereocenters. The second kappa shape index (κ2) is 7.06. The first-order valence-electron chi connectivity index (χ1n) is 7.23. The molecular formula is C16H20N2O4. The zero-order chi connectivity index (χ0) is 16.1. The first kappa shape index (κ1) is 16.0. The molecule has 0 bridgehead atoms. The second-order valence-electron chi connectivity index (χ2n) is 5.55. The molecule has 1 aliphatic carbocycles. The molecule has 1 aromatic rings. The molecule has 118 valence electrons. The molecule has 22 heavy (non-hydrogen) atoms. The van der Waals surface area contributed by atoms with Crippen molar-refractivity contribution in [2.24, 2.45) is 5.92 Å². The number of carbonyl (C=O) groups is 3. The molecule has 0 aromatic heterocycles. The largest absolute Gasteiger partial charge is 0.455 e. The molecule has 6 nitrogen and oxygen atoms in total. The molecule has 0 heterocycles. The third-order valence-corrected chi connectivity index (χ3v) is 3.39. The summed E-state index contributed by atoms with van der Waals surface area (Å²) in [4.78, 5) is 36.2. The van der Waals surface area contributed by atoms with Crippen molar-refractivity contribution in [2.45, 2.75) is 19.8 Å². The maximum atomic E-state index is 11.9. The van der Waals surface area contributed by atoms with Crippen LogP contribution in [0.4, 0.5) is 5.69 Å². The van der Waals surface area contributed by atoms with Gasteiger partial charge in [-0.15, -0.1) is 0 Å². The van der Waals surface area contributed by atoms with Gasteiger partial charge < -0.3 is 15.0 Å². The number of carbonyl (C=O) groups excluding carboxylic acids is 3. The number of amides is 2. The van der Waals surface area contributed by atoms with Crippen LogP contribution in [0.2, 0.25) is 0 Å². The Kier molecular flexibility index (Phi) is 5.14. The van der Waals surface area contributed by atoms with Crippen molar-refractivity contribution in [3.63, 3.8) is 0 Å². The molecule has 0 radical (unpaired) electrons. The normalized spacial score (nSPS) is 13.4. The Morgan fingerprint density at radius 1 is 1.23 bits per heavy atom. The highest BCUT2D eigenvalue weighted by Crippen LogP contribution is 2.29. The van der Waals surface area contributed by atoms with Gasteiger partial charge in [-0.1, -0.05) is 17.7 Å². The number of nitrogens with zero attached hydrogens (tertiary/aromatic N) is 1. The summed E-state index contributed by atoms with van der Waals surface area (Å²) in [6.07, 6.45) is 1.67. The summed E-state index contributed by atoms with van der Waals surface area (Å²) < 4.78 is 4.90. The molecule has 0 spiro atoms. The van der Waals surface area contributed by atoms with Crippen LogP contribution in [-0.2, 0) is 19.1 Å². The number of ether oxygens (including phenoxy) is 1. The van der Waals surface area contributed by atoms with Crippen LogP contribution in [0.25, 0.3) is 0 Å². The molecule has 1 aliphatic rings. The van der Waals surface area contributed by atoms with Gasteiger partial charge in [-0.05, 0) is 31.9 Å². The minimum absolute atomic E-state index is 0.0389. The highest BCUT2D eigenvalue weighted by Gasteiger charge is 2.31. The van der Waals surface area contributed by atoms with Crippen LogP contribution in [0.5, 0.6) is 0 Å². The third kappa shape index (κ3) is 4.87. The lowest BCUT2D eigenvalue weighted by molar-refractivity contribution is -0.152. The first-order valence-corrected chi connectivity index (χ1v) is 7.23. The van der Waals surface area contributed by atoms with Gasteiger partial charge in [0.05, 0.1) is 12.5 Å². The average molecular weight is 304 g/mol. The fourth-order valence-corrected chi connectivity index (χ4v) is 1.82. The van der Waals surface area contributed by atoms with Crippen LogP contribution in [0.1, 0.15) is 18.4 Å². The van der Waals surface area contributed by atoms with Crippen LogP contribution in [-0.4, -0.2) is 42.9 Å². The van der Waals surface area contributed by atoms with Crippen LogP contribution >= 0.6 is 0 Å². The molecule has 0 saturated heterocycles. The second-order valence-corrected chi connectivity index (χ2v) is 5.55. The number of aryl methyl sites for hydroxylation is 1. The summed E-state index contributed by atoms with van der Waals surface area (Å²) in [7, 11) is 1.50. The number of hydrogen-bond acceptors (Lipinski definition) is 4. The van der Waals surface area contributed by atoms with Gasteiger partial charge in [-0.3, -0.25) is 14.4 Å². The van der Waals surface area contributed by atoms with Crippen LogP contribution in [0.15, 0.2) is 24.3 Å². The van der Waals surface area contributed by atoms with Crippen molar-refractivity contribution in [3.05, 3.63) is 29.8 Å². The lowest BCUT2D eigenvalue weighted by atomic mass is 10.2. The van der Waals surface area contributed by atoms with E-state index in [2.05, 4.69) is 5.32 Å². The van der Waals surface area contributed by atoms with E-state index in [0.717, 1.165) is 18.4 Å². The molecule has 0 aliphatic heterocycles. The van der Waals surface area contributed by atoms with Crippen molar-refractivity contribution < 1.29 is 19.1 Å². The SMILES string of the molecule is Cc1ccc(NC(=O)CN(C)C(=O)COC(=O)C2CC2)cc1. The lowest BCUT2D eigenvalue weighted by Crippen LogP contribution is -2.37. The summed E-state index contributed by atoms with van der Waals surface area (Å²) >= 11 is 0. The molecule has 2 amide bonds. The van der Waals surface area contributed by atoms with E-state index in [1.807, 2.05) is 19.1 Å². The smallest absolute Gasteiger partial charge is 0.309 e. The number of benzene rings is 1. The van der Waals surface area contributed by atoms with E-state index in [-0.39, 0.29) is 30.9 Å². The predicted octanol–water partition coefficient (Wildman–Crippen LogP) is 1.35. The van der Waals surface area contributed by atoms with Gasteiger partial charge in [-0.25, -0.2) is 0 Å². The standard InChI is InChI=1S/C16H20N2O4/c1-11-3-7-13(8-4-11)17-14(19)9-18(2)15(20)10-22-16(21)12-5-6-12/h3-4,7-8,12H,5-6,9-10H2,1-2H3,(H,17,19). The maximum Gasteiger partial charge on any atom is 0.309 e. The highest BCUT2D eigenvalue weighted by molar-refractivity contribution is 5.94. The number of esters is 1. The molecule has 1 saturated carbocycles. The Morgan fingerprint density at radius 3 is 2.45 bits per heavy atom. The summed E-state index contributed by atoms with van der Waals surface area (Å²) in [5, 5.41) is 2.71. The number of hydrogen-bond donors (Lipinski definition) is 1. The van der Waals surface area contributed by atoms with Gasteiger partial charge in [0.1, 0.15) is 0 Å². The Morgan fingerprint density at radius 2 is 1.86 bits per heavy atom. The topological polar surface area (TPSA) is 75.7 Å². The Balaban J connectivity index is 1.73. The average Bonchev–Trinajstić information content (AvgIpc) is 3.31. The van der Waals surface area contributed by atoms with Gasteiger partial charge in [-0.2, -0.15) is 0 Å². The Labute approximate surface area is 129 Å². The maximum absolute atomic E-state index is 11.9. The van der Waals surface area contributed by atoms with Crippen molar-refractivity contribution in [1.82, 2.24) is 4.90 Å². The van der Waals surface area contributed by atoms with E-state index >= 15 is 0 Å². The van der Waals surface area contributed by atoms with Gasteiger partial charge in [0.2, 0.25) is 5.91 Å². The van der Waals surface area contributed by atoms with Gasteiger partial charge in [0.15, 0.2) is 6.61 Å². The highest BCUT2D eigenvalue weighted by atomic mass is 16.5. The van der Waals surface area contributed by atoms with Crippen molar-refractivity contribution in [3.8, 4) is 0 Å². The first-order chi connectivity index (χ1) is 10.5. The fraction of sp³-hybridized carbons (Fsp3) is 0.438. The van der Waals surface area contributed by atoms with Gasteiger partial charge >= 0.3 is 5.97 Å². The molecule has 2 rings (SSSR count). The minimum atomic E-state index is -0.395. The number of anilines is 1. The minimum Gasteiger partial charge on any atom is -0.455 e. The molecule has 1 N–H and O–H groups in total. The van der Waals surface area contributed by atoms with Crippen LogP contribution < -0.4 is 5.32 Å². The van der Waals surface area contributed by atoms with E-state index in [1.54, 1.807) is 12.1 Å². The Bertz CT molecular complexity index is 564. The van der Waals surface area contributed by atoms with Gasteiger partial charge in [0, 0.05) is 12.7 Å². The van der Waals surface area contributed by atoms with E-state index in [1.165, 1.54) is 11.9 Å².